The third kappa shape index (κ3) is 138. The molecule has 0 aromatic heterocycles. The van der Waals surface area contributed by atoms with Gasteiger partial charge in [-0.15, -0.1) is 6.92 Å². The van der Waals surface area contributed by atoms with Gasteiger partial charge in [0.05, 0.1) is 0 Å². The van der Waals surface area contributed by atoms with Crippen molar-refractivity contribution in [2.75, 3.05) is 6.66 Å². The smallest absolute Gasteiger partial charge is 0.151 e. The van der Waals surface area contributed by atoms with Crippen LogP contribution in [0.25, 0.3) is 0 Å². The van der Waals surface area contributed by atoms with Crippen LogP contribution in [0, 0.1) is 19.8 Å². The Kier molecular flexibility index (Phi) is 167. The van der Waals surface area contributed by atoms with Gasteiger partial charge in [0.2, 0.25) is 0 Å². The molecule has 0 aliphatic heterocycles. The Hall–Kier alpha value is 4.27. The second kappa shape index (κ2) is 45.5. The van der Waals surface area contributed by atoms with Crippen LogP contribution in [0.3, 0.4) is 0 Å². The van der Waals surface area contributed by atoms with E-state index in [4.69, 9.17) is 4.57 Å². The minimum absolute atomic E-state index is 0. The van der Waals surface area contributed by atoms with Gasteiger partial charge in [-0.2, -0.15) is 0 Å². The predicted molar refractivity (Wildman–Crippen MR) is 33.4 cm³/mol. The van der Waals surface area contributed by atoms with Crippen LogP contribution in [0.4, 0.5) is 0 Å². The first-order chi connectivity index (χ1) is 3.15. The van der Waals surface area contributed by atoms with Crippen LogP contribution >= 0.6 is 8.46 Å². The molecule has 12 heavy (non-hydrogen) atoms. The van der Waals surface area contributed by atoms with Crippen molar-refractivity contribution in [1.29, 1.82) is 0 Å². The maximum atomic E-state index is 8.90. The molecule has 0 saturated carbocycles. The summed E-state index contributed by atoms with van der Waals surface area (Å²) in [6, 6.07) is 0. The number of rotatable bonds is 0. The van der Waals surface area contributed by atoms with Crippen LogP contribution in [-0.4, -0.2) is 6.66 Å². The minimum Gasteiger partial charge on any atom is -0.370 e. The molecule has 0 saturated heterocycles. The van der Waals surface area contributed by atoms with Crippen molar-refractivity contribution in [3.05, 3.63) is 13.8 Å². The Morgan fingerprint density at radius 3 is 1.17 bits per heavy atom. The van der Waals surface area contributed by atoms with Crippen LogP contribution < -0.4 is 0 Å². The Bertz CT molecular complexity index is 51.7. The number of hydrogen-bond acceptors (Lipinski definition) is 1. The molecule has 0 aromatic carbocycles. The van der Waals surface area contributed by atoms with E-state index in [-0.39, 0.29) is 135 Å². The average molecular weight is 715 g/mol. The summed E-state index contributed by atoms with van der Waals surface area (Å²) in [6.45, 7) is 10.5. The molecule has 0 bridgehead atoms. The Morgan fingerprint density at radius 1 is 1.17 bits per heavy atom. The van der Waals surface area contributed by atoms with E-state index >= 15 is 0 Å². The van der Waals surface area contributed by atoms with Gasteiger partial charge in [-0.05, 0) is 0 Å². The molecule has 0 spiro atoms. The van der Waals surface area contributed by atoms with Crippen molar-refractivity contribution < 1.29 is 131 Å². The topological polar surface area (TPSA) is 17.1 Å². The van der Waals surface area contributed by atoms with E-state index in [1.165, 1.54) is 0 Å². The zero-order valence-electron chi connectivity index (χ0n) is 7.27. The second-order valence-electron chi connectivity index (χ2n) is 1.29. The summed E-state index contributed by atoms with van der Waals surface area (Å²) in [4.78, 5) is 0. The van der Waals surface area contributed by atoms with Gasteiger partial charge in [-0.3, -0.25) is 4.57 Å². The first-order valence-electron chi connectivity index (χ1n) is 2.02. The van der Waals surface area contributed by atoms with Crippen molar-refractivity contribution in [2.45, 2.75) is 6.92 Å². The fourth-order valence-corrected chi connectivity index (χ4v) is 0. The summed E-state index contributed by atoms with van der Waals surface area (Å²) >= 11 is 0. The fourth-order valence-electron chi connectivity index (χ4n) is 0. The van der Waals surface area contributed by atoms with Gasteiger partial charge in [0.25, 0.3) is 0 Å². The van der Waals surface area contributed by atoms with E-state index in [1.807, 2.05) is 6.92 Å². The molecular weight excluding hydrogens is 703 g/mol. The van der Waals surface area contributed by atoms with Crippen molar-refractivity contribution in [3.8, 4) is 0 Å². The molecule has 1 nitrogen and oxygen atoms in total. The molecule has 0 amide bonds. The van der Waals surface area contributed by atoms with Crippen molar-refractivity contribution in [2.24, 2.45) is 5.92 Å². The molecule has 0 N–H and O–H groups in total. The van der Waals surface area contributed by atoms with Gasteiger partial charge in [-0.25, -0.2) is 0 Å². The third-order valence-corrected chi connectivity index (χ3v) is 0. The standard InChI is InChI=1S/C4H8.CH3OP.V.2W.2Y/c1-4(2)3;1-3-2;;;;;/h4H,1-2H2,3H3;1H3;;;;;/q-2;;;;;;. The maximum absolute atomic E-state index is 8.90. The molecule has 0 aliphatic carbocycles. The quantitative estimate of drug-likeness (QED) is 0.278. The van der Waals surface area contributed by atoms with E-state index < -0.39 is 0 Å². The molecule has 0 fully saturated rings. The minimum atomic E-state index is 0. The van der Waals surface area contributed by atoms with Crippen LogP contribution in [0.1, 0.15) is 6.92 Å². The van der Waals surface area contributed by atoms with Gasteiger partial charge in [0, 0.05) is 133 Å². The Morgan fingerprint density at radius 2 is 1.17 bits per heavy atom. The van der Waals surface area contributed by atoms with Crippen molar-refractivity contribution in [1.82, 2.24) is 0 Å². The summed E-state index contributed by atoms with van der Waals surface area (Å²) in [5, 5.41) is 0. The molecule has 0 aliphatic rings. The normalized spacial score (nSPS) is 4.75. The zero-order chi connectivity index (χ0) is 6.28. The monoisotopic (exact) mass is 715 g/mol. The van der Waals surface area contributed by atoms with Crippen molar-refractivity contribution in [3.63, 3.8) is 0 Å². The van der Waals surface area contributed by atoms with Gasteiger partial charge >= 0.3 is 0 Å². The summed E-state index contributed by atoms with van der Waals surface area (Å²) in [7, 11) is 0.167. The summed E-state index contributed by atoms with van der Waals surface area (Å²) in [5.41, 5.74) is 0. The molecule has 0 aromatic rings. The summed E-state index contributed by atoms with van der Waals surface area (Å²) in [5.74, 6) is 0.333. The van der Waals surface area contributed by atoms with Crippen molar-refractivity contribution >= 4 is 8.46 Å². The van der Waals surface area contributed by atoms with Gasteiger partial charge in [0.15, 0.2) is 8.46 Å². The van der Waals surface area contributed by atoms with Gasteiger partial charge in [-0.1, -0.05) is 0 Å². The van der Waals surface area contributed by atoms with E-state index in [2.05, 4.69) is 13.8 Å². The second-order valence-corrected chi connectivity index (χ2v) is 1.65. The van der Waals surface area contributed by atoms with Crippen LogP contribution in [0.15, 0.2) is 0 Å². The van der Waals surface area contributed by atoms with E-state index in [0.29, 0.717) is 5.92 Å². The Balaban J connectivity index is -0.00000000597. The molecule has 0 rings (SSSR count). The van der Waals surface area contributed by atoms with Gasteiger partial charge in [0.1, 0.15) is 0 Å². The van der Waals surface area contributed by atoms with Crippen LogP contribution in [-0.2, 0) is 131 Å². The molecule has 67 valence electrons. The van der Waals surface area contributed by atoms with Crippen LogP contribution in [0.2, 0.25) is 0 Å². The molecule has 7 heteroatoms. The average Bonchev–Trinajstić information content (AvgIpc) is 1.33. The van der Waals surface area contributed by atoms with E-state index in [1.54, 1.807) is 6.66 Å². The first-order valence-corrected chi connectivity index (χ1v) is 3.28. The predicted octanol–water partition coefficient (Wildman–Crippen LogP) is 2.19. The van der Waals surface area contributed by atoms with Crippen LogP contribution in [0.5, 0.6) is 0 Å². The summed E-state index contributed by atoms with van der Waals surface area (Å²) < 4.78 is 8.90. The molecule has 0 heterocycles. The molecule has 3 radical (unpaired) electrons. The van der Waals surface area contributed by atoms with E-state index in [9.17, 15) is 0 Å². The number of hydrogen-bond donors (Lipinski definition) is 0. The molecule has 0 atom stereocenters. The fraction of sp³-hybridized carbons (Fsp3) is 0.600. The molecular formula is C5H11OPVW2Y2-2. The largest absolute Gasteiger partial charge is 0.370 e. The third-order valence-electron chi connectivity index (χ3n) is 0. The SMILES string of the molecule is CP=O.[CH2-]C([CH2-])C.[V].[W].[W].[Y].[Y]. The molecule has 0 unspecified atom stereocenters. The zero-order valence-corrected chi connectivity index (χ0v) is 21.1. The summed E-state index contributed by atoms with van der Waals surface area (Å²) in [6.07, 6.45) is 0. The first kappa shape index (κ1) is 44.1. The Labute approximate surface area is 169 Å². The van der Waals surface area contributed by atoms with E-state index in [0.717, 1.165) is 0 Å². The van der Waals surface area contributed by atoms with Gasteiger partial charge < -0.3 is 19.8 Å². The maximum Gasteiger partial charge on any atom is 0.151 e.